The maximum atomic E-state index is 10.7. The van der Waals surface area contributed by atoms with Crippen LogP contribution >= 0.6 is 0 Å². The van der Waals surface area contributed by atoms with Crippen LogP contribution in [0.15, 0.2) is 12.1 Å². The summed E-state index contributed by atoms with van der Waals surface area (Å²) in [5.41, 5.74) is 4.28. The van der Waals surface area contributed by atoms with Gasteiger partial charge in [0, 0.05) is 23.8 Å². The van der Waals surface area contributed by atoms with Crippen LogP contribution in [-0.2, 0) is 6.42 Å². The van der Waals surface area contributed by atoms with E-state index in [9.17, 15) is 10.2 Å². The van der Waals surface area contributed by atoms with Crippen LogP contribution < -0.4 is 10.2 Å². The van der Waals surface area contributed by atoms with Gasteiger partial charge >= 0.3 is 0 Å². The fourth-order valence-corrected chi connectivity index (χ4v) is 7.08. The molecule has 3 N–H and O–H groups in total. The van der Waals surface area contributed by atoms with Gasteiger partial charge in [0.05, 0.1) is 12.8 Å². The molecule has 4 heteroatoms. The number of benzene rings is 1. The van der Waals surface area contributed by atoms with Crippen molar-refractivity contribution in [2.24, 2.45) is 17.3 Å². The summed E-state index contributed by atoms with van der Waals surface area (Å²) in [6.45, 7) is 8.73. The van der Waals surface area contributed by atoms with Gasteiger partial charge in [0.1, 0.15) is 5.75 Å². The van der Waals surface area contributed by atoms with E-state index in [0.29, 0.717) is 23.5 Å². The maximum Gasteiger partial charge on any atom is 0.117 e. The van der Waals surface area contributed by atoms with E-state index in [2.05, 4.69) is 31.0 Å². The fraction of sp³-hybridized carbons (Fsp3) is 0.739. The molecule has 3 aliphatic carbocycles. The summed E-state index contributed by atoms with van der Waals surface area (Å²) in [7, 11) is 0. The number of aliphatic hydroxyl groups excluding tert-OH is 1. The molecule has 4 nitrogen and oxygen atoms in total. The van der Waals surface area contributed by atoms with E-state index in [1.165, 1.54) is 36.1 Å². The highest BCUT2D eigenvalue weighted by atomic mass is 16.3. The summed E-state index contributed by atoms with van der Waals surface area (Å²) in [6.07, 6.45) is 6.59. The Morgan fingerprint density at radius 2 is 1.93 bits per heavy atom. The van der Waals surface area contributed by atoms with Gasteiger partial charge in [0.2, 0.25) is 0 Å². The van der Waals surface area contributed by atoms with E-state index in [0.717, 1.165) is 32.5 Å². The highest BCUT2D eigenvalue weighted by molar-refractivity contribution is 5.64. The second-order valence-electron chi connectivity index (χ2n) is 10.4. The third-order valence-electron chi connectivity index (χ3n) is 8.58. The predicted octanol–water partition coefficient (Wildman–Crippen LogP) is 3.75. The average molecular weight is 371 g/mol. The Bertz CT molecular complexity index is 761. The van der Waals surface area contributed by atoms with Crippen LogP contribution in [0, 0.1) is 17.3 Å². The maximum absolute atomic E-state index is 10.7. The van der Waals surface area contributed by atoms with Crippen molar-refractivity contribution in [1.82, 2.24) is 5.32 Å². The van der Waals surface area contributed by atoms with E-state index >= 15 is 0 Å². The molecule has 0 radical (unpaired) electrons. The molecule has 1 aromatic carbocycles. The minimum absolute atomic E-state index is 0.0568. The summed E-state index contributed by atoms with van der Waals surface area (Å²) in [6, 6.07) is 4.02. The number of fused-ring (bicyclic) bond motifs is 5. The molecular weight excluding hydrogens is 336 g/mol. The van der Waals surface area contributed by atoms with Crippen molar-refractivity contribution in [2.75, 3.05) is 18.1 Å². The lowest BCUT2D eigenvalue weighted by Crippen LogP contribution is -2.45. The Morgan fingerprint density at radius 3 is 2.67 bits per heavy atom. The highest BCUT2D eigenvalue weighted by Crippen LogP contribution is 2.62. The zero-order valence-electron chi connectivity index (χ0n) is 17.0. The lowest BCUT2D eigenvalue weighted by atomic mass is 9.55. The number of phenolic OH excluding ortho intramolecular Hbond substituents is 1. The first-order valence-corrected chi connectivity index (χ1v) is 10.8. The van der Waals surface area contributed by atoms with Gasteiger partial charge < -0.3 is 15.1 Å². The molecule has 1 heterocycles. The molecular formula is C23H34N2O2. The number of phenols is 1. The monoisotopic (exact) mass is 370 g/mol. The SMILES string of the molecule is CC1(C)CNCN1c1cc(O)cc2c1[C@H]1CC[C@]3(C)[C@@H](O)CC[C@H]3[C@@H]1CC2. The van der Waals surface area contributed by atoms with Gasteiger partial charge in [-0.2, -0.15) is 0 Å². The van der Waals surface area contributed by atoms with Crippen LogP contribution in [0.1, 0.15) is 69.9 Å². The summed E-state index contributed by atoms with van der Waals surface area (Å²) < 4.78 is 0. The predicted molar refractivity (Wildman–Crippen MR) is 108 cm³/mol. The molecule has 5 rings (SSSR count). The highest BCUT2D eigenvalue weighted by Gasteiger charge is 2.55. The second-order valence-corrected chi connectivity index (χ2v) is 10.4. The number of aliphatic hydroxyl groups is 1. The molecule has 2 saturated carbocycles. The second kappa shape index (κ2) is 5.87. The topological polar surface area (TPSA) is 55.7 Å². The molecule has 0 unspecified atom stereocenters. The number of hydrogen-bond donors (Lipinski definition) is 3. The molecule has 3 fully saturated rings. The number of aryl methyl sites for hydroxylation is 1. The van der Waals surface area contributed by atoms with Gasteiger partial charge in [0.15, 0.2) is 0 Å². The minimum atomic E-state index is -0.120. The van der Waals surface area contributed by atoms with Crippen molar-refractivity contribution in [1.29, 1.82) is 0 Å². The Balaban J connectivity index is 1.59. The van der Waals surface area contributed by atoms with Crippen molar-refractivity contribution in [3.05, 3.63) is 23.3 Å². The summed E-state index contributed by atoms with van der Waals surface area (Å²) >= 11 is 0. The van der Waals surface area contributed by atoms with Crippen LogP contribution in [0.2, 0.25) is 0 Å². The first kappa shape index (κ1) is 17.8. The van der Waals surface area contributed by atoms with Gasteiger partial charge in [0.25, 0.3) is 0 Å². The van der Waals surface area contributed by atoms with Crippen LogP contribution in [0.25, 0.3) is 0 Å². The standard InChI is InChI=1S/C23H34N2O2/c1-22(2)12-24-13-25(22)19-11-15(26)10-14-4-5-16-17(21(14)19)8-9-23(3)18(16)6-7-20(23)27/h10-11,16-18,20,24,26-27H,4-9,12-13H2,1-3H3/t16-,17+,18+,20+,23+/m1/s1. The third kappa shape index (κ3) is 2.49. The van der Waals surface area contributed by atoms with Crippen LogP contribution in [0.5, 0.6) is 5.75 Å². The van der Waals surface area contributed by atoms with Crippen molar-refractivity contribution in [2.45, 2.75) is 76.9 Å². The van der Waals surface area contributed by atoms with Crippen molar-refractivity contribution >= 4 is 5.69 Å². The molecule has 148 valence electrons. The Kier molecular flexibility index (Phi) is 3.87. The quantitative estimate of drug-likeness (QED) is 0.705. The number of anilines is 1. The Morgan fingerprint density at radius 1 is 1.11 bits per heavy atom. The van der Waals surface area contributed by atoms with Crippen LogP contribution in [0.4, 0.5) is 5.69 Å². The number of hydrogen-bond acceptors (Lipinski definition) is 4. The smallest absolute Gasteiger partial charge is 0.117 e. The molecule has 0 aromatic heterocycles. The molecule has 1 saturated heterocycles. The molecule has 1 aromatic rings. The lowest BCUT2D eigenvalue weighted by molar-refractivity contribution is -0.0225. The van der Waals surface area contributed by atoms with Crippen molar-refractivity contribution in [3.8, 4) is 5.75 Å². The molecule has 5 atom stereocenters. The summed E-state index contributed by atoms with van der Waals surface area (Å²) in [5.74, 6) is 2.30. The molecule has 0 bridgehead atoms. The van der Waals surface area contributed by atoms with Crippen LogP contribution in [0.3, 0.4) is 0 Å². The number of aromatic hydroxyl groups is 1. The molecule has 0 amide bonds. The lowest BCUT2D eigenvalue weighted by Gasteiger charge is -2.51. The summed E-state index contributed by atoms with van der Waals surface area (Å²) in [5, 5.41) is 24.6. The van der Waals surface area contributed by atoms with Gasteiger partial charge in [-0.05, 0) is 92.7 Å². The van der Waals surface area contributed by atoms with Gasteiger partial charge in [-0.3, -0.25) is 5.32 Å². The van der Waals surface area contributed by atoms with Gasteiger partial charge in [-0.1, -0.05) is 6.92 Å². The zero-order valence-corrected chi connectivity index (χ0v) is 17.0. The van der Waals surface area contributed by atoms with E-state index < -0.39 is 0 Å². The van der Waals surface area contributed by atoms with Gasteiger partial charge in [-0.15, -0.1) is 0 Å². The number of nitrogens with zero attached hydrogens (tertiary/aromatic N) is 1. The first-order valence-electron chi connectivity index (χ1n) is 10.8. The average Bonchev–Trinajstić information content (AvgIpc) is 3.12. The summed E-state index contributed by atoms with van der Waals surface area (Å²) in [4.78, 5) is 2.46. The minimum Gasteiger partial charge on any atom is -0.508 e. The first-order chi connectivity index (χ1) is 12.8. The number of nitrogens with one attached hydrogen (secondary N) is 1. The normalized spacial score (nSPS) is 39.8. The molecule has 27 heavy (non-hydrogen) atoms. The molecule has 1 aliphatic heterocycles. The largest absolute Gasteiger partial charge is 0.508 e. The Labute approximate surface area is 163 Å². The van der Waals surface area contributed by atoms with E-state index in [1.807, 2.05) is 12.1 Å². The number of rotatable bonds is 1. The zero-order chi connectivity index (χ0) is 19.0. The van der Waals surface area contributed by atoms with Crippen LogP contribution in [-0.4, -0.2) is 35.1 Å². The fourth-order valence-electron chi connectivity index (χ4n) is 7.08. The van der Waals surface area contributed by atoms with Gasteiger partial charge in [-0.25, -0.2) is 0 Å². The van der Waals surface area contributed by atoms with Crippen molar-refractivity contribution in [3.63, 3.8) is 0 Å². The molecule has 0 spiro atoms. The molecule has 4 aliphatic rings. The van der Waals surface area contributed by atoms with E-state index in [1.54, 1.807) is 0 Å². The Hall–Kier alpha value is -1.26. The van der Waals surface area contributed by atoms with Crippen molar-refractivity contribution < 1.29 is 10.2 Å². The van der Waals surface area contributed by atoms with E-state index in [4.69, 9.17) is 0 Å². The third-order valence-corrected chi connectivity index (χ3v) is 8.58. The van der Waals surface area contributed by atoms with E-state index in [-0.39, 0.29) is 17.1 Å².